The second-order valence-electron chi connectivity index (χ2n) is 11.9. The number of aliphatic hydroxyl groups is 1. The second-order valence-corrected chi connectivity index (χ2v) is 11.9. The first-order valence-electron chi connectivity index (χ1n) is 18.4. The van der Waals surface area contributed by atoms with Gasteiger partial charge in [-0.1, -0.05) is 145 Å². The van der Waals surface area contributed by atoms with Crippen LogP contribution in [0.15, 0.2) is 60.8 Å². The van der Waals surface area contributed by atoms with E-state index in [0.717, 1.165) is 44.9 Å². The molecule has 0 heterocycles. The van der Waals surface area contributed by atoms with Crippen LogP contribution < -0.4 is 0 Å². The van der Waals surface area contributed by atoms with Crippen molar-refractivity contribution in [3.05, 3.63) is 60.8 Å². The van der Waals surface area contributed by atoms with Crippen molar-refractivity contribution in [2.24, 2.45) is 0 Å². The van der Waals surface area contributed by atoms with E-state index in [0.29, 0.717) is 13.0 Å². The average molecular weight is 615 g/mol. The van der Waals surface area contributed by atoms with Crippen LogP contribution >= 0.6 is 0 Å². The maximum absolute atomic E-state index is 12.1. The number of allylic oxidation sites excluding steroid dienone is 10. The number of ether oxygens (including phenoxy) is 2. The van der Waals surface area contributed by atoms with Gasteiger partial charge in [0.25, 0.3) is 0 Å². The predicted molar refractivity (Wildman–Crippen MR) is 191 cm³/mol. The molecule has 0 saturated heterocycles. The van der Waals surface area contributed by atoms with Gasteiger partial charge >= 0.3 is 5.97 Å². The molecule has 0 spiro atoms. The normalized spacial score (nSPS) is 13.1. The highest BCUT2D eigenvalue weighted by Gasteiger charge is 2.13. The molecule has 0 aromatic rings. The lowest BCUT2D eigenvalue weighted by molar-refractivity contribution is -0.154. The van der Waals surface area contributed by atoms with Crippen molar-refractivity contribution in [3.8, 4) is 0 Å². The fraction of sp³-hybridized carbons (Fsp3) is 0.725. The summed E-state index contributed by atoms with van der Waals surface area (Å²) in [4.78, 5) is 12.1. The number of hydrogen-bond donors (Lipinski definition) is 1. The number of aliphatic hydroxyl groups excluding tert-OH is 1. The van der Waals surface area contributed by atoms with Gasteiger partial charge in [0.05, 0.1) is 13.2 Å². The van der Waals surface area contributed by atoms with E-state index in [4.69, 9.17) is 9.47 Å². The van der Waals surface area contributed by atoms with Crippen LogP contribution in [0.25, 0.3) is 0 Å². The van der Waals surface area contributed by atoms with Crippen LogP contribution in [0.3, 0.4) is 0 Å². The van der Waals surface area contributed by atoms with Gasteiger partial charge in [0, 0.05) is 13.0 Å². The third-order valence-electron chi connectivity index (χ3n) is 7.56. The van der Waals surface area contributed by atoms with E-state index in [1.165, 1.54) is 96.3 Å². The van der Waals surface area contributed by atoms with Crippen molar-refractivity contribution in [2.75, 3.05) is 19.8 Å². The van der Waals surface area contributed by atoms with Gasteiger partial charge in [0.15, 0.2) is 0 Å². The molecule has 0 amide bonds. The lowest BCUT2D eigenvalue weighted by Crippen LogP contribution is -2.27. The zero-order valence-electron chi connectivity index (χ0n) is 28.9. The molecule has 44 heavy (non-hydrogen) atoms. The first-order chi connectivity index (χ1) is 21.7. The molecule has 0 saturated carbocycles. The smallest absolute Gasteiger partial charge is 0.306 e. The topological polar surface area (TPSA) is 55.8 Å². The molecule has 0 radical (unpaired) electrons. The Bertz CT molecular complexity index is 734. The quantitative estimate of drug-likeness (QED) is 0.0454. The molecule has 0 bridgehead atoms. The first-order valence-corrected chi connectivity index (χ1v) is 18.4. The Morgan fingerprint density at radius 3 is 1.57 bits per heavy atom. The molecule has 1 N–H and O–H groups in total. The molecular weight excluding hydrogens is 544 g/mol. The standard InChI is InChI=1S/C40H70O4/c1-3-5-7-9-11-13-15-16-17-18-19-20-21-22-23-24-25-27-29-31-33-35-40(42)44-39(37-41)38-43-36-34-32-30-28-26-14-12-10-8-6-4-2/h5,7-8,10-11,13,16-17,19-20,39,41H,3-4,6,9,12,14-15,18,21-38H2,1-2H3/b7-5-,10-8-,13-11-,17-16-,20-19-. The Hall–Kier alpha value is -1.91. The SMILES string of the molecule is CC/C=C\C/C=C\C/C=C\C/C=C\CCCCCCCCCCC(=O)OC(CO)COCCCCCCCC/C=C\CCC. The Kier molecular flexibility index (Phi) is 35.7. The fourth-order valence-electron chi connectivity index (χ4n) is 4.85. The third kappa shape index (κ3) is 34.6. The maximum Gasteiger partial charge on any atom is 0.306 e. The van der Waals surface area contributed by atoms with Crippen molar-refractivity contribution in [3.63, 3.8) is 0 Å². The number of esters is 1. The van der Waals surface area contributed by atoms with Gasteiger partial charge in [-0.2, -0.15) is 0 Å². The first kappa shape index (κ1) is 42.1. The molecule has 4 nitrogen and oxygen atoms in total. The molecule has 0 fully saturated rings. The largest absolute Gasteiger partial charge is 0.457 e. The maximum atomic E-state index is 12.1. The summed E-state index contributed by atoms with van der Waals surface area (Å²) >= 11 is 0. The molecular formula is C40H70O4. The molecule has 4 heteroatoms. The van der Waals surface area contributed by atoms with E-state index in [-0.39, 0.29) is 19.2 Å². The summed E-state index contributed by atoms with van der Waals surface area (Å²) in [7, 11) is 0. The molecule has 0 aliphatic heterocycles. The molecule has 0 aromatic carbocycles. The number of carbonyl (C=O) groups excluding carboxylic acids is 1. The van der Waals surface area contributed by atoms with Crippen LogP contribution in [0, 0.1) is 0 Å². The van der Waals surface area contributed by atoms with Crippen LogP contribution in [-0.2, 0) is 14.3 Å². The minimum absolute atomic E-state index is 0.180. The summed E-state index contributed by atoms with van der Waals surface area (Å²) in [5.74, 6) is -0.215. The number of hydrogen-bond acceptors (Lipinski definition) is 4. The van der Waals surface area contributed by atoms with Crippen molar-refractivity contribution < 1.29 is 19.4 Å². The average Bonchev–Trinajstić information content (AvgIpc) is 3.03. The van der Waals surface area contributed by atoms with Gasteiger partial charge in [-0.3, -0.25) is 4.79 Å². The Morgan fingerprint density at radius 1 is 0.568 bits per heavy atom. The Labute approximate surface area is 273 Å². The van der Waals surface area contributed by atoms with Gasteiger partial charge in [-0.25, -0.2) is 0 Å². The molecule has 0 rings (SSSR count). The minimum atomic E-state index is -0.542. The van der Waals surface area contributed by atoms with Crippen molar-refractivity contribution in [1.29, 1.82) is 0 Å². The van der Waals surface area contributed by atoms with Gasteiger partial charge in [-0.05, 0) is 70.6 Å². The molecule has 1 atom stereocenters. The summed E-state index contributed by atoms with van der Waals surface area (Å²) in [6.07, 6.45) is 48.3. The third-order valence-corrected chi connectivity index (χ3v) is 7.56. The molecule has 1 unspecified atom stereocenters. The van der Waals surface area contributed by atoms with Crippen LogP contribution in [0.2, 0.25) is 0 Å². The summed E-state index contributed by atoms with van der Waals surface area (Å²) in [5.41, 5.74) is 0. The van der Waals surface area contributed by atoms with E-state index < -0.39 is 6.10 Å². The highest BCUT2D eigenvalue weighted by Crippen LogP contribution is 2.12. The lowest BCUT2D eigenvalue weighted by atomic mass is 10.1. The van der Waals surface area contributed by atoms with Gasteiger partial charge in [-0.15, -0.1) is 0 Å². The highest BCUT2D eigenvalue weighted by atomic mass is 16.6. The van der Waals surface area contributed by atoms with Crippen molar-refractivity contribution in [2.45, 2.75) is 168 Å². The van der Waals surface area contributed by atoms with Crippen LogP contribution in [0.1, 0.15) is 162 Å². The summed E-state index contributed by atoms with van der Waals surface area (Å²) in [6, 6.07) is 0. The summed E-state index contributed by atoms with van der Waals surface area (Å²) < 4.78 is 11.1. The van der Waals surface area contributed by atoms with Gasteiger partial charge in [0.2, 0.25) is 0 Å². The number of unbranched alkanes of at least 4 members (excludes halogenated alkanes) is 15. The van der Waals surface area contributed by atoms with Crippen molar-refractivity contribution >= 4 is 5.97 Å². The highest BCUT2D eigenvalue weighted by molar-refractivity contribution is 5.69. The van der Waals surface area contributed by atoms with Gasteiger partial charge in [0.1, 0.15) is 6.10 Å². The van der Waals surface area contributed by atoms with E-state index in [1.807, 2.05) is 0 Å². The van der Waals surface area contributed by atoms with Gasteiger partial charge < -0.3 is 14.6 Å². The molecule has 0 aliphatic carbocycles. The van der Waals surface area contributed by atoms with Crippen LogP contribution in [0.4, 0.5) is 0 Å². The van der Waals surface area contributed by atoms with E-state index in [1.54, 1.807) is 0 Å². The Balaban J connectivity index is 3.49. The fourth-order valence-corrected chi connectivity index (χ4v) is 4.85. The zero-order valence-corrected chi connectivity index (χ0v) is 28.9. The van der Waals surface area contributed by atoms with E-state index in [9.17, 15) is 9.90 Å². The van der Waals surface area contributed by atoms with E-state index >= 15 is 0 Å². The predicted octanol–water partition coefficient (Wildman–Crippen LogP) is 11.7. The number of rotatable bonds is 33. The second kappa shape index (κ2) is 37.3. The summed E-state index contributed by atoms with van der Waals surface area (Å²) in [5, 5.41) is 9.54. The van der Waals surface area contributed by atoms with Crippen LogP contribution in [-0.4, -0.2) is 37.0 Å². The lowest BCUT2D eigenvalue weighted by Gasteiger charge is -2.15. The monoisotopic (exact) mass is 615 g/mol. The number of carbonyl (C=O) groups is 1. The van der Waals surface area contributed by atoms with E-state index in [2.05, 4.69) is 74.6 Å². The molecule has 0 aliphatic rings. The molecule has 0 aromatic heterocycles. The summed E-state index contributed by atoms with van der Waals surface area (Å²) in [6.45, 7) is 5.15. The minimum Gasteiger partial charge on any atom is -0.457 e. The Morgan fingerprint density at radius 2 is 1.02 bits per heavy atom. The molecule has 254 valence electrons. The van der Waals surface area contributed by atoms with Crippen LogP contribution in [0.5, 0.6) is 0 Å². The zero-order chi connectivity index (χ0) is 32.0. The van der Waals surface area contributed by atoms with Crippen molar-refractivity contribution in [1.82, 2.24) is 0 Å².